The fourth-order valence-corrected chi connectivity index (χ4v) is 3.66. The number of guanidine groups is 1. The standard InChI is InChI=1S/C19H25N5S/c1-20-19(22-11-16-25-17-7-3-2-4-8-17)24-14-12-23(13-15-24)18-9-5-6-10-21-18/h2-10H,11-16H2,1H3,(H,20,22). The summed E-state index contributed by atoms with van der Waals surface area (Å²) in [5.41, 5.74) is 0. The minimum absolute atomic E-state index is 0.909. The minimum Gasteiger partial charge on any atom is -0.355 e. The topological polar surface area (TPSA) is 43.8 Å². The van der Waals surface area contributed by atoms with Gasteiger partial charge < -0.3 is 15.1 Å². The summed E-state index contributed by atoms with van der Waals surface area (Å²) in [6.45, 7) is 4.77. The number of aliphatic imine (C=N–C) groups is 1. The Labute approximate surface area is 154 Å². The molecule has 3 rings (SSSR count). The molecule has 1 aliphatic heterocycles. The molecule has 0 amide bonds. The van der Waals surface area contributed by atoms with Crippen LogP contribution in [0.1, 0.15) is 0 Å². The van der Waals surface area contributed by atoms with Crippen molar-refractivity contribution in [2.45, 2.75) is 4.90 Å². The van der Waals surface area contributed by atoms with Gasteiger partial charge in [-0.2, -0.15) is 0 Å². The lowest BCUT2D eigenvalue weighted by atomic mass is 10.3. The van der Waals surface area contributed by atoms with Crippen LogP contribution in [0.4, 0.5) is 5.82 Å². The van der Waals surface area contributed by atoms with Gasteiger partial charge in [-0.25, -0.2) is 4.98 Å². The summed E-state index contributed by atoms with van der Waals surface area (Å²) in [5.74, 6) is 3.08. The highest BCUT2D eigenvalue weighted by Crippen LogP contribution is 2.16. The summed E-state index contributed by atoms with van der Waals surface area (Å²) in [6, 6.07) is 16.6. The maximum absolute atomic E-state index is 4.44. The van der Waals surface area contributed by atoms with Crippen molar-refractivity contribution in [2.24, 2.45) is 4.99 Å². The van der Waals surface area contributed by atoms with Crippen molar-refractivity contribution in [3.8, 4) is 0 Å². The Morgan fingerprint density at radius 3 is 2.52 bits per heavy atom. The molecule has 0 spiro atoms. The van der Waals surface area contributed by atoms with E-state index < -0.39 is 0 Å². The van der Waals surface area contributed by atoms with E-state index in [-0.39, 0.29) is 0 Å². The number of pyridine rings is 1. The number of hydrogen-bond donors (Lipinski definition) is 1. The Morgan fingerprint density at radius 1 is 1.08 bits per heavy atom. The van der Waals surface area contributed by atoms with E-state index in [4.69, 9.17) is 0 Å². The van der Waals surface area contributed by atoms with Crippen molar-refractivity contribution < 1.29 is 0 Å². The second-order valence-corrected chi connectivity index (χ2v) is 6.97. The van der Waals surface area contributed by atoms with Crippen molar-refractivity contribution in [1.29, 1.82) is 0 Å². The Kier molecular flexibility index (Phi) is 6.56. The van der Waals surface area contributed by atoms with Gasteiger partial charge in [-0.15, -0.1) is 11.8 Å². The van der Waals surface area contributed by atoms with E-state index in [0.29, 0.717) is 0 Å². The van der Waals surface area contributed by atoms with Crippen LogP contribution in [0.25, 0.3) is 0 Å². The van der Waals surface area contributed by atoms with Crippen LogP contribution in [-0.4, -0.2) is 61.4 Å². The van der Waals surface area contributed by atoms with Crippen LogP contribution < -0.4 is 10.2 Å². The van der Waals surface area contributed by atoms with Gasteiger partial charge in [0, 0.05) is 56.6 Å². The molecule has 1 aromatic heterocycles. The lowest BCUT2D eigenvalue weighted by Gasteiger charge is -2.37. The van der Waals surface area contributed by atoms with E-state index in [1.54, 1.807) is 0 Å². The molecule has 0 bridgehead atoms. The zero-order valence-corrected chi connectivity index (χ0v) is 15.5. The number of nitrogens with zero attached hydrogens (tertiary/aromatic N) is 4. The van der Waals surface area contributed by atoms with Crippen LogP contribution >= 0.6 is 11.8 Å². The SMILES string of the molecule is CN=C(NCCSc1ccccc1)N1CCN(c2ccccn2)CC1. The van der Waals surface area contributed by atoms with Gasteiger partial charge >= 0.3 is 0 Å². The van der Waals surface area contributed by atoms with Gasteiger partial charge in [-0.1, -0.05) is 24.3 Å². The number of piperazine rings is 1. The summed E-state index contributed by atoms with van der Waals surface area (Å²) in [4.78, 5) is 14.8. The zero-order valence-electron chi connectivity index (χ0n) is 14.6. The van der Waals surface area contributed by atoms with Crippen molar-refractivity contribution in [3.05, 3.63) is 54.7 Å². The number of rotatable bonds is 5. The molecule has 2 heterocycles. The van der Waals surface area contributed by atoms with E-state index in [0.717, 1.165) is 50.3 Å². The number of benzene rings is 1. The highest BCUT2D eigenvalue weighted by molar-refractivity contribution is 7.99. The molecule has 132 valence electrons. The first kappa shape index (κ1) is 17.6. The Balaban J connectivity index is 1.42. The van der Waals surface area contributed by atoms with Gasteiger partial charge in [0.2, 0.25) is 0 Å². The average Bonchev–Trinajstić information content (AvgIpc) is 2.70. The van der Waals surface area contributed by atoms with Crippen LogP contribution in [0.5, 0.6) is 0 Å². The molecule has 0 atom stereocenters. The molecule has 1 saturated heterocycles. The van der Waals surface area contributed by atoms with Gasteiger partial charge in [0.25, 0.3) is 0 Å². The fraction of sp³-hybridized carbons (Fsp3) is 0.368. The van der Waals surface area contributed by atoms with Crippen LogP contribution in [-0.2, 0) is 0 Å². The van der Waals surface area contributed by atoms with E-state index in [2.05, 4.69) is 61.5 Å². The number of nitrogens with one attached hydrogen (secondary N) is 1. The van der Waals surface area contributed by atoms with Crippen LogP contribution in [0.2, 0.25) is 0 Å². The molecule has 25 heavy (non-hydrogen) atoms. The minimum atomic E-state index is 0.909. The quantitative estimate of drug-likeness (QED) is 0.386. The molecule has 6 heteroatoms. The summed E-state index contributed by atoms with van der Waals surface area (Å²) < 4.78 is 0. The molecule has 1 fully saturated rings. The summed E-state index contributed by atoms with van der Waals surface area (Å²) in [7, 11) is 1.86. The van der Waals surface area contributed by atoms with Gasteiger partial charge in [-0.05, 0) is 24.3 Å². The summed E-state index contributed by atoms with van der Waals surface area (Å²) in [6.07, 6.45) is 1.85. The normalized spacial score (nSPS) is 15.3. The molecule has 0 saturated carbocycles. The van der Waals surface area contributed by atoms with Gasteiger partial charge in [-0.3, -0.25) is 4.99 Å². The molecule has 0 aliphatic carbocycles. The van der Waals surface area contributed by atoms with E-state index in [9.17, 15) is 0 Å². The summed E-state index contributed by atoms with van der Waals surface area (Å²) in [5, 5.41) is 3.48. The molecule has 0 radical (unpaired) electrons. The van der Waals surface area contributed by atoms with Crippen molar-refractivity contribution >= 4 is 23.5 Å². The molecule has 5 nitrogen and oxygen atoms in total. The molecule has 1 aliphatic rings. The van der Waals surface area contributed by atoms with Gasteiger partial charge in [0.15, 0.2) is 5.96 Å². The lowest BCUT2D eigenvalue weighted by molar-refractivity contribution is 0.372. The van der Waals surface area contributed by atoms with E-state index in [1.807, 2.05) is 37.1 Å². The number of thioether (sulfide) groups is 1. The third kappa shape index (κ3) is 5.13. The Morgan fingerprint density at radius 2 is 1.84 bits per heavy atom. The average molecular weight is 356 g/mol. The van der Waals surface area contributed by atoms with Crippen molar-refractivity contribution in [2.75, 3.05) is 50.4 Å². The lowest BCUT2D eigenvalue weighted by Crippen LogP contribution is -2.53. The molecule has 2 aromatic rings. The molecular formula is C19H25N5S. The second kappa shape index (κ2) is 9.32. The molecule has 1 N–H and O–H groups in total. The third-order valence-corrected chi connectivity index (χ3v) is 5.18. The Bertz CT molecular complexity index is 654. The first-order valence-corrected chi connectivity index (χ1v) is 9.65. The van der Waals surface area contributed by atoms with E-state index in [1.165, 1.54) is 4.90 Å². The van der Waals surface area contributed by atoms with E-state index >= 15 is 0 Å². The number of aromatic nitrogens is 1. The maximum atomic E-state index is 4.44. The zero-order chi connectivity index (χ0) is 17.3. The summed E-state index contributed by atoms with van der Waals surface area (Å²) >= 11 is 1.86. The van der Waals surface area contributed by atoms with Gasteiger partial charge in [0.1, 0.15) is 5.82 Å². The smallest absolute Gasteiger partial charge is 0.193 e. The first-order valence-electron chi connectivity index (χ1n) is 8.66. The number of hydrogen-bond acceptors (Lipinski definition) is 4. The molecule has 0 unspecified atom stereocenters. The predicted molar refractivity (Wildman–Crippen MR) is 107 cm³/mol. The third-order valence-electron chi connectivity index (χ3n) is 4.16. The van der Waals surface area contributed by atoms with Crippen molar-refractivity contribution in [3.63, 3.8) is 0 Å². The largest absolute Gasteiger partial charge is 0.355 e. The fourth-order valence-electron chi connectivity index (χ4n) is 2.87. The number of anilines is 1. The first-order chi connectivity index (χ1) is 12.4. The van der Waals surface area contributed by atoms with Crippen LogP contribution in [0, 0.1) is 0 Å². The van der Waals surface area contributed by atoms with Gasteiger partial charge in [0.05, 0.1) is 0 Å². The van der Waals surface area contributed by atoms with Crippen molar-refractivity contribution in [1.82, 2.24) is 15.2 Å². The second-order valence-electron chi connectivity index (χ2n) is 5.80. The highest BCUT2D eigenvalue weighted by Gasteiger charge is 2.20. The highest BCUT2D eigenvalue weighted by atomic mass is 32.2. The predicted octanol–water partition coefficient (Wildman–Crippen LogP) is 2.57. The maximum Gasteiger partial charge on any atom is 0.193 e. The Hall–Kier alpha value is -2.21. The van der Waals surface area contributed by atoms with Crippen LogP contribution in [0.15, 0.2) is 64.6 Å². The molecule has 1 aromatic carbocycles. The molecular weight excluding hydrogens is 330 g/mol. The monoisotopic (exact) mass is 355 g/mol. The van der Waals surface area contributed by atoms with Crippen LogP contribution in [0.3, 0.4) is 0 Å².